The second-order valence-corrected chi connectivity index (χ2v) is 6.73. The van der Waals surface area contributed by atoms with Crippen LogP contribution in [0.1, 0.15) is 20.9 Å². The van der Waals surface area contributed by atoms with Crippen molar-refractivity contribution in [3.05, 3.63) is 41.2 Å². The molecule has 1 aromatic carbocycles. The van der Waals surface area contributed by atoms with Crippen molar-refractivity contribution in [3.8, 4) is 11.5 Å². The maximum Gasteiger partial charge on any atom is 0.322 e. The number of aromatic nitrogens is 3. The Hall–Kier alpha value is -2.25. The summed E-state index contributed by atoms with van der Waals surface area (Å²) in [7, 11) is -0.997. The van der Waals surface area contributed by atoms with Crippen LogP contribution in [-0.4, -0.2) is 33.7 Å². The molecule has 0 saturated heterocycles. The first-order chi connectivity index (χ1) is 12.7. The topological polar surface area (TPSA) is 83.1 Å². The van der Waals surface area contributed by atoms with E-state index < -0.39 is 18.2 Å². The number of rotatable bonds is 5. The number of methoxy groups -OCH3 is 2. The van der Waals surface area contributed by atoms with Crippen LogP contribution >= 0.6 is 0 Å². The molecule has 7 heteroatoms. The molecule has 0 unspecified atom stereocenters. The molecule has 2 heterocycles. The van der Waals surface area contributed by atoms with Crippen LogP contribution in [-0.2, 0) is 16.9 Å². The van der Waals surface area contributed by atoms with E-state index in [2.05, 4.69) is 15.0 Å². The molecule has 0 aliphatic heterocycles. The molecular weight excluding hydrogens is 326 g/mol. The number of H-pyrrole nitrogens is 1. The molecule has 0 spiro atoms. The summed E-state index contributed by atoms with van der Waals surface area (Å²) in [6.07, 6.45) is 1.52. The van der Waals surface area contributed by atoms with Crippen molar-refractivity contribution in [1.29, 1.82) is 0 Å². The predicted octanol–water partition coefficient (Wildman–Crippen LogP) is 2.90. The number of aryl methyl sites for hydroxylation is 1. The fourth-order valence-electron chi connectivity index (χ4n) is 2.45. The molecule has 24 heavy (non-hydrogen) atoms. The van der Waals surface area contributed by atoms with E-state index in [0.717, 1.165) is 5.52 Å². The van der Waals surface area contributed by atoms with E-state index in [-0.39, 0.29) is 11.5 Å². The van der Waals surface area contributed by atoms with E-state index in [1.54, 1.807) is 39.2 Å². The first-order valence-corrected chi connectivity index (χ1v) is 8.56. The van der Waals surface area contributed by atoms with Gasteiger partial charge >= 0.3 is 5.16 Å². The van der Waals surface area contributed by atoms with Gasteiger partial charge in [-0.2, -0.15) is 4.98 Å². The fourth-order valence-corrected chi connectivity index (χ4v) is 3.55. The Kier molecular flexibility index (Phi) is 3.65. The lowest BCUT2D eigenvalue weighted by atomic mass is 10.1. The zero-order valence-corrected chi connectivity index (χ0v) is 14.4. The van der Waals surface area contributed by atoms with Gasteiger partial charge in [0.15, 0.2) is 5.75 Å². The monoisotopic (exact) mass is 348 g/mol. The van der Waals surface area contributed by atoms with Crippen LogP contribution < -0.4 is 9.47 Å². The minimum Gasteiger partial charge on any atom is -0.609 e. The molecular formula is C17H19N3O3S. The van der Waals surface area contributed by atoms with Crippen molar-refractivity contribution in [3.63, 3.8) is 0 Å². The van der Waals surface area contributed by atoms with Crippen molar-refractivity contribution in [2.24, 2.45) is 0 Å². The van der Waals surface area contributed by atoms with Crippen LogP contribution in [0.5, 0.6) is 11.5 Å². The average molecular weight is 348 g/mol. The molecule has 0 fully saturated rings. The Morgan fingerprint density at radius 2 is 2.17 bits per heavy atom. The van der Waals surface area contributed by atoms with Gasteiger partial charge in [-0.25, -0.2) is 0 Å². The van der Waals surface area contributed by atoms with E-state index in [9.17, 15) is 4.55 Å². The lowest BCUT2D eigenvalue weighted by Crippen LogP contribution is -2.10. The second-order valence-electron chi connectivity index (χ2n) is 5.36. The van der Waals surface area contributed by atoms with Gasteiger partial charge in [0.1, 0.15) is 11.5 Å². The van der Waals surface area contributed by atoms with Crippen LogP contribution in [0.15, 0.2) is 29.6 Å². The summed E-state index contributed by atoms with van der Waals surface area (Å²) >= 11 is -1.49. The molecule has 0 saturated carbocycles. The zero-order valence-electron chi connectivity index (χ0n) is 16.5. The van der Waals surface area contributed by atoms with Crippen molar-refractivity contribution >= 4 is 22.2 Å². The highest BCUT2D eigenvalue weighted by Crippen LogP contribution is 2.27. The maximum atomic E-state index is 12.8. The average Bonchev–Trinajstić information content (AvgIpc) is 3.03. The number of nitrogens with one attached hydrogen (secondary N) is 1. The highest BCUT2D eigenvalue weighted by molar-refractivity contribution is 7.90. The summed E-state index contributed by atoms with van der Waals surface area (Å²) in [5.41, 5.74) is 3.05. The Bertz CT molecular complexity index is 975. The van der Waals surface area contributed by atoms with Gasteiger partial charge in [-0.15, -0.1) is 0 Å². The van der Waals surface area contributed by atoms with Gasteiger partial charge in [-0.05, 0) is 26.0 Å². The predicted molar refractivity (Wildman–Crippen MR) is 93.0 cm³/mol. The highest BCUT2D eigenvalue weighted by Gasteiger charge is 2.21. The van der Waals surface area contributed by atoms with E-state index in [4.69, 9.17) is 13.6 Å². The summed E-state index contributed by atoms with van der Waals surface area (Å²) in [4.78, 5) is 11.7. The lowest BCUT2D eigenvalue weighted by molar-refractivity contribution is 0.407. The molecule has 0 aliphatic carbocycles. The molecule has 3 aromatic rings. The lowest BCUT2D eigenvalue weighted by Gasteiger charge is -2.13. The largest absolute Gasteiger partial charge is 0.609 e. The number of ether oxygens (including phenoxy) is 2. The second kappa shape index (κ2) is 6.70. The van der Waals surface area contributed by atoms with Gasteiger partial charge in [0, 0.05) is 34.6 Å². The number of hydrogen-bond acceptors (Lipinski definition) is 5. The molecule has 0 amide bonds. The molecule has 3 rings (SSSR count). The molecule has 0 aliphatic rings. The molecule has 2 aromatic heterocycles. The minimum absolute atomic E-state index is 0.0838. The Morgan fingerprint density at radius 3 is 2.92 bits per heavy atom. The van der Waals surface area contributed by atoms with E-state index in [1.807, 2.05) is 0 Å². The number of pyridine rings is 1. The summed E-state index contributed by atoms with van der Waals surface area (Å²) < 4.78 is 45.0. The van der Waals surface area contributed by atoms with Crippen molar-refractivity contribution in [2.75, 3.05) is 14.1 Å². The zero-order chi connectivity index (χ0) is 19.8. The van der Waals surface area contributed by atoms with Crippen LogP contribution in [0, 0.1) is 13.8 Å². The molecule has 0 radical (unpaired) electrons. The number of imidazole rings is 1. The summed E-state index contributed by atoms with van der Waals surface area (Å²) in [6.45, 7) is 3.42. The molecule has 0 bridgehead atoms. The number of hydrogen-bond donors (Lipinski definition) is 1. The third kappa shape index (κ3) is 3.05. The van der Waals surface area contributed by atoms with E-state index >= 15 is 0 Å². The maximum absolute atomic E-state index is 12.8. The highest BCUT2D eigenvalue weighted by atomic mass is 32.2. The van der Waals surface area contributed by atoms with Gasteiger partial charge < -0.3 is 14.0 Å². The van der Waals surface area contributed by atoms with Crippen LogP contribution in [0.2, 0.25) is 0 Å². The quantitative estimate of drug-likeness (QED) is 0.717. The third-order valence-corrected chi connectivity index (χ3v) is 4.96. The Labute approximate surface area is 147 Å². The molecule has 1 N–H and O–H groups in total. The number of benzene rings is 1. The fraction of sp³-hybridized carbons (Fsp3) is 0.294. The number of fused-ring (bicyclic) bond motifs is 1. The molecule has 6 nitrogen and oxygen atoms in total. The summed E-state index contributed by atoms with van der Waals surface area (Å²) in [6, 6.07) is 5.35. The van der Waals surface area contributed by atoms with Crippen LogP contribution in [0.4, 0.5) is 0 Å². The first kappa shape index (κ1) is 13.1. The van der Waals surface area contributed by atoms with Gasteiger partial charge in [-0.3, -0.25) is 9.97 Å². The van der Waals surface area contributed by atoms with E-state index in [1.165, 1.54) is 6.20 Å². The van der Waals surface area contributed by atoms with Crippen molar-refractivity contribution in [1.82, 2.24) is 15.0 Å². The third-order valence-electron chi connectivity index (χ3n) is 3.80. The summed E-state index contributed by atoms with van der Waals surface area (Å²) in [5.74, 6) is 0.987. The SMILES string of the molecule is [2H]C([2H])([2H])Oc1c(C)cnc(C[S@+]([O-])c2nc3cc(OC)ccc3[nH]2)c1C. The van der Waals surface area contributed by atoms with Crippen molar-refractivity contribution < 1.29 is 18.1 Å². The normalized spacial score (nSPS) is 14.8. The van der Waals surface area contributed by atoms with Crippen molar-refractivity contribution in [2.45, 2.75) is 24.8 Å². The van der Waals surface area contributed by atoms with Crippen LogP contribution in [0.25, 0.3) is 11.0 Å². The smallest absolute Gasteiger partial charge is 0.322 e. The first-order valence-electron chi connectivity index (χ1n) is 8.74. The number of nitrogens with zero attached hydrogens (tertiary/aromatic N) is 2. The molecule has 1 atom stereocenters. The van der Waals surface area contributed by atoms with Gasteiger partial charge in [0.2, 0.25) is 0 Å². The standard InChI is InChI=1S/C17H19N3O3S/c1-10-8-18-15(11(2)16(10)23-4)9-24(21)17-19-13-6-5-12(22-3)7-14(13)20-17/h5-8H,9H2,1-4H3,(H,19,20)/t24-/m0/s1/i4D3. The van der Waals surface area contributed by atoms with E-state index in [0.29, 0.717) is 33.2 Å². The van der Waals surface area contributed by atoms with Crippen LogP contribution in [0.3, 0.4) is 0 Å². The van der Waals surface area contributed by atoms with Gasteiger partial charge in [0.05, 0.1) is 35.0 Å². The molecule has 126 valence electrons. The minimum atomic E-state index is -2.56. The number of aromatic amines is 1. The summed E-state index contributed by atoms with van der Waals surface area (Å²) in [5, 5.41) is 0.318. The van der Waals surface area contributed by atoms with Gasteiger partial charge in [0.25, 0.3) is 0 Å². The Balaban J connectivity index is 1.87. The van der Waals surface area contributed by atoms with Gasteiger partial charge in [-0.1, -0.05) is 0 Å². The Morgan fingerprint density at radius 1 is 1.33 bits per heavy atom.